The average Bonchev–Trinajstić information content (AvgIpc) is 3.22. The van der Waals surface area contributed by atoms with Crippen LogP contribution in [0.2, 0.25) is 0 Å². The van der Waals surface area contributed by atoms with Crippen LogP contribution in [0.1, 0.15) is 22.3 Å². The van der Waals surface area contributed by atoms with E-state index in [2.05, 4.69) is 9.88 Å². The van der Waals surface area contributed by atoms with Crippen LogP contribution in [0.25, 0.3) is 10.2 Å². The Morgan fingerprint density at radius 3 is 2.58 bits per heavy atom. The third-order valence-electron chi connectivity index (χ3n) is 5.23. The molecule has 4 rings (SSSR count). The third-order valence-corrected chi connectivity index (χ3v) is 6.27. The Kier molecular flexibility index (Phi) is 8.28. The number of para-hydroxylation sites is 1. The smallest absolute Gasteiger partial charge is 0.379 e. The lowest BCUT2D eigenvalue weighted by Gasteiger charge is -2.27. The van der Waals surface area contributed by atoms with Crippen LogP contribution in [0.5, 0.6) is 0 Å². The second-order valence-corrected chi connectivity index (χ2v) is 8.44. The van der Waals surface area contributed by atoms with E-state index < -0.39 is 23.5 Å². The Morgan fingerprint density at radius 2 is 1.88 bits per heavy atom. The van der Waals surface area contributed by atoms with E-state index in [-0.39, 0.29) is 35.2 Å². The number of nitrogens with zero attached hydrogens (tertiary/aromatic N) is 3. The number of halogens is 5. The van der Waals surface area contributed by atoms with E-state index in [4.69, 9.17) is 4.74 Å². The number of benzene rings is 2. The second-order valence-electron chi connectivity index (χ2n) is 7.43. The summed E-state index contributed by atoms with van der Waals surface area (Å²) in [6.07, 6.45) is -3.97. The molecule has 1 aromatic heterocycles. The minimum absolute atomic E-state index is 0. The quantitative estimate of drug-likeness (QED) is 0.431. The molecule has 178 valence electrons. The van der Waals surface area contributed by atoms with E-state index in [1.54, 1.807) is 12.1 Å². The standard InChI is InChI=1S/C22H21F4N3O2S.ClH/c23-17-6-2-7-18-19(17)27-21(32-18)29(9-3-8-28-10-12-31-13-11-28)20(30)15-4-1-5-16(14-15)22(24,25)26;/h1-2,4-7,14H,3,8-13H2;1H. The summed E-state index contributed by atoms with van der Waals surface area (Å²) in [5.41, 5.74) is -0.847. The van der Waals surface area contributed by atoms with Crippen molar-refractivity contribution in [2.75, 3.05) is 44.3 Å². The van der Waals surface area contributed by atoms with E-state index in [1.165, 1.54) is 23.1 Å². The highest BCUT2D eigenvalue weighted by Gasteiger charge is 2.32. The van der Waals surface area contributed by atoms with Gasteiger partial charge in [-0.3, -0.25) is 14.6 Å². The van der Waals surface area contributed by atoms with Crippen LogP contribution < -0.4 is 4.90 Å². The molecule has 0 unspecified atom stereocenters. The van der Waals surface area contributed by atoms with E-state index in [9.17, 15) is 22.4 Å². The molecule has 0 atom stereocenters. The van der Waals surface area contributed by atoms with Crippen molar-refractivity contribution < 1.29 is 27.1 Å². The minimum Gasteiger partial charge on any atom is -0.379 e. The highest BCUT2D eigenvalue weighted by molar-refractivity contribution is 7.22. The molecule has 5 nitrogen and oxygen atoms in total. The van der Waals surface area contributed by atoms with E-state index in [0.717, 1.165) is 36.6 Å². The zero-order valence-electron chi connectivity index (χ0n) is 17.5. The summed E-state index contributed by atoms with van der Waals surface area (Å²) in [6.45, 7) is 3.80. The maximum Gasteiger partial charge on any atom is 0.416 e. The first-order valence-electron chi connectivity index (χ1n) is 10.2. The van der Waals surface area contributed by atoms with Gasteiger partial charge in [0.2, 0.25) is 0 Å². The summed E-state index contributed by atoms with van der Waals surface area (Å²) in [7, 11) is 0. The number of ether oxygens (including phenoxy) is 1. The zero-order chi connectivity index (χ0) is 22.7. The summed E-state index contributed by atoms with van der Waals surface area (Å²) < 4.78 is 59.5. The number of thiazole rings is 1. The molecule has 0 spiro atoms. The normalized spacial score (nSPS) is 14.8. The van der Waals surface area contributed by atoms with Gasteiger partial charge >= 0.3 is 6.18 Å². The Morgan fingerprint density at radius 1 is 1.15 bits per heavy atom. The van der Waals surface area contributed by atoms with Gasteiger partial charge in [-0.1, -0.05) is 23.5 Å². The van der Waals surface area contributed by atoms with Crippen molar-refractivity contribution in [3.8, 4) is 0 Å². The van der Waals surface area contributed by atoms with Crippen LogP contribution in [-0.2, 0) is 10.9 Å². The number of aromatic nitrogens is 1. The first-order valence-corrected chi connectivity index (χ1v) is 11.0. The number of morpholine rings is 1. The van der Waals surface area contributed by atoms with E-state index >= 15 is 0 Å². The summed E-state index contributed by atoms with van der Waals surface area (Å²) in [5.74, 6) is -1.11. The lowest BCUT2D eigenvalue weighted by Crippen LogP contribution is -2.39. The minimum atomic E-state index is -4.56. The summed E-state index contributed by atoms with van der Waals surface area (Å²) in [6, 6.07) is 8.85. The van der Waals surface area contributed by atoms with Gasteiger partial charge in [0.15, 0.2) is 5.13 Å². The fourth-order valence-corrected chi connectivity index (χ4v) is 4.57. The Hall–Kier alpha value is -2.27. The SMILES string of the molecule is Cl.O=C(c1cccc(C(F)(F)F)c1)N(CCCN1CCOCC1)c1nc2c(F)cccc2s1. The van der Waals surface area contributed by atoms with Gasteiger partial charge in [0.05, 0.1) is 23.5 Å². The molecule has 1 aliphatic rings. The molecule has 1 amide bonds. The molecule has 0 N–H and O–H groups in total. The molecule has 11 heteroatoms. The van der Waals surface area contributed by atoms with Crippen LogP contribution in [0.3, 0.4) is 0 Å². The van der Waals surface area contributed by atoms with E-state index in [1.807, 2.05) is 0 Å². The molecule has 1 fully saturated rings. The Balaban J connectivity index is 0.00000306. The molecule has 1 saturated heterocycles. The molecule has 2 aromatic carbocycles. The van der Waals surface area contributed by atoms with Gasteiger partial charge in [0.25, 0.3) is 5.91 Å². The molecule has 2 heterocycles. The number of fused-ring (bicyclic) bond motifs is 1. The topological polar surface area (TPSA) is 45.7 Å². The average molecular weight is 504 g/mol. The maximum absolute atomic E-state index is 14.2. The van der Waals surface area contributed by atoms with Crippen molar-refractivity contribution in [3.63, 3.8) is 0 Å². The summed E-state index contributed by atoms with van der Waals surface area (Å²) in [4.78, 5) is 21.1. The van der Waals surface area contributed by atoms with Crippen molar-refractivity contribution in [1.82, 2.24) is 9.88 Å². The van der Waals surface area contributed by atoms with Crippen molar-refractivity contribution in [1.29, 1.82) is 0 Å². The number of anilines is 1. The highest BCUT2D eigenvalue weighted by Crippen LogP contribution is 2.33. The van der Waals surface area contributed by atoms with Crippen molar-refractivity contribution in [2.45, 2.75) is 12.6 Å². The molecule has 0 bridgehead atoms. The fraction of sp³-hybridized carbons (Fsp3) is 0.364. The lowest BCUT2D eigenvalue weighted by atomic mass is 10.1. The van der Waals surface area contributed by atoms with Gasteiger partial charge < -0.3 is 4.74 Å². The van der Waals surface area contributed by atoms with Crippen LogP contribution in [0, 0.1) is 5.82 Å². The number of carbonyl (C=O) groups excluding carboxylic acids is 1. The number of rotatable bonds is 6. The summed E-state index contributed by atoms with van der Waals surface area (Å²) >= 11 is 1.14. The highest BCUT2D eigenvalue weighted by atomic mass is 35.5. The van der Waals surface area contributed by atoms with Gasteiger partial charge in [-0.2, -0.15) is 13.2 Å². The van der Waals surface area contributed by atoms with Crippen molar-refractivity contribution >= 4 is 45.0 Å². The third kappa shape index (κ3) is 6.00. The number of hydrogen-bond donors (Lipinski definition) is 0. The second kappa shape index (κ2) is 10.8. The molecular formula is C22H22ClF4N3O2S. The monoisotopic (exact) mass is 503 g/mol. The molecule has 0 saturated carbocycles. The molecule has 0 radical (unpaired) electrons. The molecule has 1 aliphatic heterocycles. The number of alkyl halides is 3. The van der Waals surface area contributed by atoms with Crippen molar-refractivity contribution in [3.05, 3.63) is 59.4 Å². The van der Waals surface area contributed by atoms with Crippen molar-refractivity contribution in [2.24, 2.45) is 0 Å². The van der Waals surface area contributed by atoms with Gasteiger partial charge in [0.1, 0.15) is 11.3 Å². The van der Waals surface area contributed by atoms with Gasteiger partial charge in [0, 0.05) is 31.7 Å². The first-order chi connectivity index (χ1) is 15.3. The molecule has 0 aliphatic carbocycles. The lowest BCUT2D eigenvalue weighted by molar-refractivity contribution is -0.137. The Bertz CT molecular complexity index is 1100. The first kappa shape index (κ1) is 25.4. The van der Waals surface area contributed by atoms with Crippen LogP contribution in [0.4, 0.5) is 22.7 Å². The van der Waals surface area contributed by atoms with Gasteiger partial charge in [-0.05, 0) is 36.8 Å². The largest absolute Gasteiger partial charge is 0.416 e. The molecule has 3 aromatic rings. The fourth-order valence-electron chi connectivity index (χ4n) is 3.56. The van der Waals surface area contributed by atoms with E-state index in [0.29, 0.717) is 30.9 Å². The summed E-state index contributed by atoms with van der Waals surface area (Å²) in [5, 5.41) is 0.259. The predicted octanol–water partition coefficient (Wildman–Crippen LogP) is 5.25. The van der Waals surface area contributed by atoms with Gasteiger partial charge in [-0.15, -0.1) is 12.4 Å². The number of hydrogen-bond acceptors (Lipinski definition) is 5. The molecule has 33 heavy (non-hydrogen) atoms. The van der Waals surface area contributed by atoms with Crippen LogP contribution >= 0.6 is 23.7 Å². The Labute approximate surface area is 198 Å². The molecular weight excluding hydrogens is 482 g/mol. The number of amides is 1. The van der Waals surface area contributed by atoms with Gasteiger partial charge in [-0.25, -0.2) is 9.37 Å². The predicted molar refractivity (Wildman–Crippen MR) is 122 cm³/mol. The maximum atomic E-state index is 14.2. The van der Waals surface area contributed by atoms with Crippen LogP contribution in [-0.4, -0.2) is 55.2 Å². The zero-order valence-corrected chi connectivity index (χ0v) is 19.1. The number of carbonyl (C=O) groups is 1. The van der Waals surface area contributed by atoms with Crippen LogP contribution in [0.15, 0.2) is 42.5 Å².